The topological polar surface area (TPSA) is 0 Å². The number of benzene rings is 1. The van der Waals surface area contributed by atoms with Crippen LogP contribution in [0.1, 0.15) is 20.8 Å². The van der Waals surface area contributed by atoms with E-state index in [1.54, 1.807) is 11.3 Å². The quantitative estimate of drug-likeness (QED) is 0.548. The zero-order valence-electron chi connectivity index (χ0n) is 9.21. The molecule has 0 aliphatic heterocycles. The normalized spacial score (nSPS) is 12.7. The number of halogens is 3. The number of thiophene rings is 1. The van der Waals surface area contributed by atoms with Crippen molar-refractivity contribution in [1.82, 2.24) is 0 Å². The zero-order chi connectivity index (χ0) is 12.4. The summed E-state index contributed by atoms with van der Waals surface area (Å²) in [5.41, 5.74) is 2.47. The van der Waals surface area contributed by atoms with E-state index < -0.39 is 0 Å². The molecule has 1 heterocycles. The summed E-state index contributed by atoms with van der Waals surface area (Å²) < 4.78 is 2.01. The molecule has 1 aromatic heterocycles. The maximum Gasteiger partial charge on any atom is 0.0960 e. The summed E-state index contributed by atoms with van der Waals surface area (Å²) in [6.45, 7) is 2.04. The van der Waals surface area contributed by atoms with Crippen LogP contribution in [0.5, 0.6) is 0 Å². The van der Waals surface area contributed by atoms with Crippen LogP contribution in [0.2, 0.25) is 4.34 Å². The van der Waals surface area contributed by atoms with Crippen LogP contribution in [0.4, 0.5) is 0 Å². The smallest absolute Gasteiger partial charge is 0.0960 e. The predicted octanol–water partition coefficient (Wildman–Crippen LogP) is 6.15. The lowest BCUT2D eigenvalue weighted by Gasteiger charge is -2.07. The van der Waals surface area contributed by atoms with Crippen LogP contribution in [-0.4, -0.2) is 0 Å². The molecule has 0 amide bonds. The Labute approximate surface area is 127 Å². The van der Waals surface area contributed by atoms with E-state index in [0.717, 1.165) is 20.8 Å². The van der Waals surface area contributed by atoms with Gasteiger partial charge < -0.3 is 0 Å². The first-order valence-electron chi connectivity index (χ1n) is 5.20. The van der Waals surface area contributed by atoms with Crippen molar-refractivity contribution in [2.75, 3.05) is 0 Å². The Bertz CT molecular complexity index is 502. The molecule has 0 bridgehead atoms. The number of hydrogen-bond donors (Lipinski definition) is 0. The predicted molar refractivity (Wildman–Crippen MR) is 83.6 cm³/mol. The van der Waals surface area contributed by atoms with Gasteiger partial charge >= 0.3 is 0 Å². The number of alkyl halides is 1. The Morgan fingerprint density at radius 2 is 2.12 bits per heavy atom. The summed E-state index contributed by atoms with van der Waals surface area (Å²) in [4.78, 5) is 1.61. The lowest BCUT2D eigenvalue weighted by Crippen LogP contribution is -1.92. The van der Waals surface area contributed by atoms with Gasteiger partial charge in [0.2, 0.25) is 0 Å². The van der Waals surface area contributed by atoms with Crippen LogP contribution in [0.3, 0.4) is 0 Å². The minimum Gasteiger partial charge on any atom is -0.127 e. The van der Waals surface area contributed by atoms with Gasteiger partial charge in [-0.05, 0) is 42.7 Å². The molecule has 1 atom stereocenters. The molecule has 0 nitrogen and oxygen atoms in total. The van der Waals surface area contributed by atoms with Gasteiger partial charge in [-0.25, -0.2) is 0 Å². The molecular formula is C13H11Br2ClS. The maximum atomic E-state index is 6.09. The van der Waals surface area contributed by atoms with Crippen LogP contribution < -0.4 is 0 Å². The lowest BCUT2D eigenvalue weighted by molar-refractivity contribution is 0.967. The molecule has 1 unspecified atom stereocenters. The Morgan fingerprint density at radius 3 is 2.71 bits per heavy atom. The standard InChI is InChI=1S/C13H11Br2ClS/c1-8-5-12(17-13(8)16)11(15)7-9-3-2-4-10(14)6-9/h2-6,11H,7H2,1H3. The van der Waals surface area contributed by atoms with Crippen molar-refractivity contribution < 1.29 is 0 Å². The van der Waals surface area contributed by atoms with Crippen molar-refractivity contribution in [2.45, 2.75) is 18.2 Å². The molecule has 2 rings (SSSR count). The Balaban J connectivity index is 2.14. The number of hydrogen-bond acceptors (Lipinski definition) is 1. The molecule has 0 aliphatic rings. The van der Waals surface area contributed by atoms with Crippen molar-refractivity contribution >= 4 is 54.8 Å². The average molecular weight is 395 g/mol. The van der Waals surface area contributed by atoms with Crippen LogP contribution in [0, 0.1) is 6.92 Å². The fourth-order valence-corrected chi connectivity index (χ4v) is 4.04. The third-order valence-electron chi connectivity index (χ3n) is 2.49. The summed E-state index contributed by atoms with van der Waals surface area (Å²) in [6, 6.07) is 10.5. The first-order chi connectivity index (χ1) is 8.06. The minimum atomic E-state index is 0.327. The SMILES string of the molecule is Cc1cc(C(Br)Cc2cccc(Br)c2)sc1Cl. The first-order valence-corrected chi connectivity index (χ1v) is 8.11. The van der Waals surface area contributed by atoms with Crippen molar-refractivity contribution in [3.63, 3.8) is 0 Å². The van der Waals surface area contributed by atoms with Gasteiger partial charge in [0.1, 0.15) is 0 Å². The van der Waals surface area contributed by atoms with Gasteiger partial charge in [0.15, 0.2) is 0 Å². The fourth-order valence-electron chi connectivity index (χ4n) is 1.61. The third-order valence-corrected chi connectivity index (χ3v) is 5.77. The summed E-state index contributed by atoms with van der Waals surface area (Å²) in [5, 5.41) is 0. The molecule has 4 heteroatoms. The van der Waals surface area contributed by atoms with Gasteiger partial charge in [-0.15, -0.1) is 11.3 Å². The fraction of sp³-hybridized carbons (Fsp3) is 0.231. The van der Waals surface area contributed by atoms with Gasteiger partial charge in [0, 0.05) is 9.35 Å². The molecule has 0 aliphatic carbocycles. The summed E-state index contributed by atoms with van der Waals surface area (Å²) in [5.74, 6) is 0. The molecular weight excluding hydrogens is 383 g/mol. The van der Waals surface area contributed by atoms with E-state index in [1.807, 2.05) is 13.0 Å². The first kappa shape index (κ1) is 13.6. The molecule has 0 saturated carbocycles. The summed E-state index contributed by atoms with van der Waals surface area (Å²) >= 11 is 15.0. The highest BCUT2D eigenvalue weighted by Gasteiger charge is 2.13. The monoisotopic (exact) mass is 392 g/mol. The molecule has 2 aromatic rings. The molecule has 0 N–H and O–H groups in total. The largest absolute Gasteiger partial charge is 0.127 e. The van der Waals surface area contributed by atoms with E-state index in [0.29, 0.717) is 4.83 Å². The van der Waals surface area contributed by atoms with E-state index in [9.17, 15) is 0 Å². The van der Waals surface area contributed by atoms with Crippen LogP contribution in [0.15, 0.2) is 34.8 Å². The number of rotatable bonds is 3. The van der Waals surface area contributed by atoms with E-state index in [4.69, 9.17) is 11.6 Å². The number of aryl methyl sites for hydroxylation is 1. The van der Waals surface area contributed by atoms with Gasteiger partial charge in [-0.1, -0.05) is 55.6 Å². The highest BCUT2D eigenvalue weighted by molar-refractivity contribution is 9.10. The Kier molecular flexibility index (Phi) is 4.70. The van der Waals surface area contributed by atoms with Gasteiger partial charge in [-0.3, -0.25) is 0 Å². The molecule has 0 fully saturated rings. The zero-order valence-corrected chi connectivity index (χ0v) is 14.0. The van der Waals surface area contributed by atoms with Crippen molar-refractivity contribution in [3.8, 4) is 0 Å². The molecule has 90 valence electrons. The summed E-state index contributed by atoms with van der Waals surface area (Å²) in [6.07, 6.45) is 0.968. The second-order valence-corrected chi connectivity index (χ2v) is 7.61. The third kappa shape index (κ3) is 3.57. The second-order valence-electron chi connectivity index (χ2n) is 3.91. The second kappa shape index (κ2) is 5.87. The van der Waals surface area contributed by atoms with Crippen LogP contribution >= 0.6 is 54.8 Å². The van der Waals surface area contributed by atoms with Crippen LogP contribution in [-0.2, 0) is 6.42 Å². The molecule has 0 saturated heterocycles. The van der Waals surface area contributed by atoms with Crippen molar-refractivity contribution in [3.05, 3.63) is 55.1 Å². The van der Waals surface area contributed by atoms with Gasteiger partial charge in [0.05, 0.1) is 9.16 Å². The van der Waals surface area contributed by atoms with E-state index in [-0.39, 0.29) is 0 Å². The maximum absolute atomic E-state index is 6.09. The van der Waals surface area contributed by atoms with Gasteiger partial charge in [-0.2, -0.15) is 0 Å². The van der Waals surface area contributed by atoms with E-state index in [1.165, 1.54) is 10.4 Å². The molecule has 0 radical (unpaired) electrons. The molecule has 17 heavy (non-hydrogen) atoms. The minimum absolute atomic E-state index is 0.327. The van der Waals surface area contributed by atoms with E-state index in [2.05, 4.69) is 56.1 Å². The van der Waals surface area contributed by atoms with Crippen molar-refractivity contribution in [1.29, 1.82) is 0 Å². The lowest BCUT2D eigenvalue weighted by atomic mass is 10.1. The van der Waals surface area contributed by atoms with Gasteiger partial charge in [0.25, 0.3) is 0 Å². The summed E-state index contributed by atoms with van der Waals surface area (Å²) in [7, 11) is 0. The molecule has 1 aromatic carbocycles. The molecule has 0 spiro atoms. The van der Waals surface area contributed by atoms with E-state index >= 15 is 0 Å². The Morgan fingerprint density at radius 1 is 1.35 bits per heavy atom. The van der Waals surface area contributed by atoms with Crippen molar-refractivity contribution in [2.24, 2.45) is 0 Å². The average Bonchev–Trinajstić information content (AvgIpc) is 2.59. The highest BCUT2D eigenvalue weighted by atomic mass is 79.9. The highest BCUT2D eigenvalue weighted by Crippen LogP contribution is 2.37. The Hall–Kier alpha value is 0.170. The van der Waals surface area contributed by atoms with Crippen LogP contribution in [0.25, 0.3) is 0 Å².